The van der Waals surface area contributed by atoms with Gasteiger partial charge in [0.2, 0.25) is 0 Å². The number of rotatable bonds is 1. The van der Waals surface area contributed by atoms with Crippen molar-refractivity contribution in [3.8, 4) is 0 Å². The number of carbonyl (C=O) groups is 1. The van der Waals surface area contributed by atoms with Gasteiger partial charge in [-0.15, -0.1) is 0 Å². The maximum absolute atomic E-state index is 11.8. The molecular formula is C10H13N3O. The van der Waals surface area contributed by atoms with Gasteiger partial charge in [-0.2, -0.15) is 0 Å². The Morgan fingerprint density at radius 3 is 2.64 bits per heavy atom. The van der Waals surface area contributed by atoms with Crippen LogP contribution in [0.15, 0.2) is 18.3 Å². The van der Waals surface area contributed by atoms with Crippen LogP contribution in [0.5, 0.6) is 0 Å². The van der Waals surface area contributed by atoms with Crippen LogP contribution in [0.4, 0.5) is 5.69 Å². The van der Waals surface area contributed by atoms with Crippen LogP contribution < -0.4 is 5.73 Å². The molecule has 4 heteroatoms. The van der Waals surface area contributed by atoms with Crippen molar-refractivity contribution in [3.05, 3.63) is 24.0 Å². The van der Waals surface area contributed by atoms with E-state index in [9.17, 15) is 4.79 Å². The predicted octanol–water partition coefficient (Wildman–Crippen LogP) is 0.900. The molecule has 74 valence electrons. The van der Waals surface area contributed by atoms with Gasteiger partial charge in [-0.05, 0) is 25.0 Å². The van der Waals surface area contributed by atoms with Crippen molar-refractivity contribution in [2.24, 2.45) is 0 Å². The van der Waals surface area contributed by atoms with E-state index in [4.69, 9.17) is 5.73 Å². The van der Waals surface area contributed by atoms with Gasteiger partial charge in [0.25, 0.3) is 5.91 Å². The monoisotopic (exact) mass is 191 g/mol. The third-order valence-corrected chi connectivity index (χ3v) is 2.40. The minimum Gasteiger partial charge on any atom is -0.397 e. The standard InChI is InChI=1S/C10H13N3O/c11-8-3-4-9(12-7-8)10(14)13-5-1-2-6-13/h3-4,7H,1-2,5-6,11H2. The second-order valence-electron chi connectivity index (χ2n) is 3.48. The zero-order valence-electron chi connectivity index (χ0n) is 7.94. The molecule has 0 spiro atoms. The van der Waals surface area contributed by atoms with Crippen LogP contribution >= 0.6 is 0 Å². The minimum absolute atomic E-state index is 0.0162. The first kappa shape index (κ1) is 8.99. The fourth-order valence-electron chi connectivity index (χ4n) is 1.61. The lowest BCUT2D eigenvalue weighted by Crippen LogP contribution is -2.28. The SMILES string of the molecule is Nc1ccc(C(=O)N2CCCC2)nc1. The molecule has 0 atom stereocenters. The summed E-state index contributed by atoms with van der Waals surface area (Å²) < 4.78 is 0. The van der Waals surface area contributed by atoms with Crippen molar-refractivity contribution in [2.45, 2.75) is 12.8 Å². The lowest BCUT2D eigenvalue weighted by Gasteiger charge is -2.14. The van der Waals surface area contributed by atoms with E-state index in [2.05, 4.69) is 4.98 Å². The van der Waals surface area contributed by atoms with Gasteiger partial charge in [0.1, 0.15) is 5.69 Å². The molecule has 0 unspecified atom stereocenters. The minimum atomic E-state index is 0.0162. The summed E-state index contributed by atoms with van der Waals surface area (Å²) in [6.07, 6.45) is 3.71. The fraction of sp³-hybridized carbons (Fsp3) is 0.400. The first-order valence-corrected chi connectivity index (χ1v) is 4.78. The summed E-state index contributed by atoms with van der Waals surface area (Å²) in [5, 5.41) is 0. The average molecular weight is 191 g/mol. The number of carbonyl (C=O) groups excluding carboxylic acids is 1. The van der Waals surface area contributed by atoms with Crippen molar-refractivity contribution in [1.82, 2.24) is 9.88 Å². The molecule has 2 N–H and O–H groups in total. The van der Waals surface area contributed by atoms with Crippen molar-refractivity contribution >= 4 is 11.6 Å². The molecule has 1 amide bonds. The van der Waals surface area contributed by atoms with E-state index in [1.807, 2.05) is 4.90 Å². The van der Waals surface area contributed by atoms with E-state index in [1.54, 1.807) is 12.1 Å². The fourth-order valence-corrected chi connectivity index (χ4v) is 1.61. The Kier molecular flexibility index (Phi) is 2.35. The molecule has 0 radical (unpaired) electrons. The summed E-state index contributed by atoms with van der Waals surface area (Å²) in [5.74, 6) is 0.0162. The van der Waals surface area contributed by atoms with Gasteiger partial charge in [0.15, 0.2) is 0 Å². The van der Waals surface area contributed by atoms with Crippen LogP contribution in [0, 0.1) is 0 Å². The Morgan fingerprint density at radius 2 is 2.07 bits per heavy atom. The van der Waals surface area contributed by atoms with Gasteiger partial charge in [0, 0.05) is 13.1 Å². The first-order valence-electron chi connectivity index (χ1n) is 4.78. The normalized spacial score (nSPS) is 15.9. The predicted molar refractivity (Wildman–Crippen MR) is 53.8 cm³/mol. The number of amides is 1. The third kappa shape index (κ3) is 1.69. The van der Waals surface area contributed by atoms with Crippen LogP contribution in [0.2, 0.25) is 0 Å². The molecule has 1 aromatic heterocycles. The molecule has 1 aromatic rings. The number of hydrogen-bond acceptors (Lipinski definition) is 3. The highest BCUT2D eigenvalue weighted by atomic mass is 16.2. The highest BCUT2D eigenvalue weighted by Gasteiger charge is 2.19. The third-order valence-electron chi connectivity index (χ3n) is 2.40. The number of nitrogens with zero attached hydrogens (tertiary/aromatic N) is 2. The second-order valence-corrected chi connectivity index (χ2v) is 3.48. The Labute approximate surface area is 82.7 Å². The van der Waals surface area contributed by atoms with Gasteiger partial charge < -0.3 is 10.6 Å². The number of nitrogens with two attached hydrogens (primary N) is 1. The molecule has 4 nitrogen and oxygen atoms in total. The smallest absolute Gasteiger partial charge is 0.272 e. The molecule has 1 saturated heterocycles. The van der Waals surface area contributed by atoms with Crippen LogP contribution in [-0.4, -0.2) is 28.9 Å². The molecule has 0 saturated carbocycles. The Morgan fingerprint density at radius 1 is 1.36 bits per heavy atom. The quantitative estimate of drug-likeness (QED) is 0.717. The lowest BCUT2D eigenvalue weighted by atomic mass is 10.3. The number of aromatic nitrogens is 1. The molecular weight excluding hydrogens is 178 g/mol. The molecule has 1 aliphatic heterocycles. The van der Waals surface area contributed by atoms with Gasteiger partial charge in [-0.25, -0.2) is 4.98 Å². The maximum Gasteiger partial charge on any atom is 0.272 e. The van der Waals surface area contributed by atoms with E-state index in [1.165, 1.54) is 6.20 Å². The Balaban J connectivity index is 2.14. The lowest BCUT2D eigenvalue weighted by molar-refractivity contribution is 0.0787. The highest BCUT2D eigenvalue weighted by Crippen LogP contribution is 2.11. The topological polar surface area (TPSA) is 59.2 Å². The van der Waals surface area contributed by atoms with E-state index >= 15 is 0 Å². The van der Waals surface area contributed by atoms with E-state index < -0.39 is 0 Å². The Bertz CT molecular complexity index is 328. The van der Waals surface area contributed by atoms with Crippen molar-refractivity contribution in [3.63, 3.8) is 0 Å². The molecule has 1 aliphatic rings. The van der Waals surface area contributed by atoms with Crippen molar-refractivity contribution < 1.29 is 4.79 Å². The number of anilines is 1. The van der Waals surface area contributed by atoms with Crippen LogP contribution in [0.3, 0.4) is 0 Å². The summed E-state index contributed by atoms with van der Waals surface area (Å²) in [5.41, 5.74) is 6.57. The van der Waals surface area contributed by atoms with Gasteiger partial charge in [-0.1, -0.05) is 0 Å². The maximum atomic E-state index is 11.8. The summed E-state index contributed by atoms with van der Waals surface area (Å²) in [6, 6.07) is 3.38. The molecule has 1 fully saturated rings. The van der Waals surface area contributed by atoms with E-state index in [-0.39, 0.29) is 5.91 Å². The number of pyridine rings is 1. The average Bonchev–Trinajstić information content (AvgIpc) is 2.71. The van der Waals surface area contributed by atoms with Crippen LogP contribution in [0.1, 0.15) is 23.3 Å². The van der Waals surface area contributed by atoms with E-state index in [0.29, 0.717) is 11.4 Å². The molecule has 0 bridgehead atoms. The highest BCUT2D eigenvalue weighted by molar-refractivity contribution is 5.92. The zero-order valence-corrected chi connectivity index (χ0v) is 7.94. The molecule has 14 heavy (non-hydrogen) atoms. The summed E-state index contributed by atoms with van der Waals surface area (Å²) >= 11 is 0. The number of hydrogen-bond donors (Lipinski definition) is 1. The summed E-state index contributed by atoms with van der Waals surface area (Å²) in [7, 11) is 0. The van der Waals surface area contributed by atoms with Crippen LogP contribution in [0.25, 0.3) is 0 Å². The molecule has 2 heterocycles. The molecule has 0 aliphatic carbocycles. The van der Waals surface area contributed by atoms with Crippen LogP contribution in [-0.2, 0) is 0 Å². The Hall–Kier alpha value is -1.58. The number of likely N-dealkylation sites (tertiary alicyclic amines) is 1. The molecule has 0 aromatic carbocycles. The van der Waals surface area contributed by atoms with Crippen molar-refractivity contribution in [2.75, 3.05) is 18.8 Å². The summed E-state index contributed by atoms with van der Waals surface area (Å²) in [4.78, 5) is 17.6. The zero-order chi connectivity index (χ0) is 9.97. The van der Waals surface area contributed by atoms with E-state index in [0.717, 1.165) is 25.9 Å². The second kappa shape index (κ2) is 3.65. The van der Waals surface area contributed by atoms with Crippen molar-refractivity contribution in [1.29, 1.82) is 0 Å². The number of nitrogen functional groups attached to an aromatic ring is 1. The first-order chi connectivity index (χ1) is 6.77. The van der Waals surface area contributed by atoms with Gasteiger partial charge in [0.05, 0.1) is 11.9 Å². The largest absolute Gasteiger partial charge is 0.397 e. The summed E-state index contributed by atoms with van der Waals surface area (Å²) in [6.45, 7) is 1.70. The van der Waals surface area contributed by atoms with Gasteiger partial charge >= 0.3 is 0 Å². The molecule has 2 rings (SSSR count). The van der Waals surface area contributed by atoms with Gasteiger partial charge in [-0.3, -0.25) is 4.79 Å².